The molecule has 0 bridgehead atoms. The van der Waals surface area contributed by atoms with Gasteiger partial charge in [-0.05, 0) is 25.1 Å². The zero-order chi connectivity index (χ0) is 13.8. The van der Waals surface area contributed by atoms with Gasteiger partial charge in [0, 0.05) is 12.1 Å². The van der Waals surface area contributed by atoms with Gasteiger partial charge in [0.2, 0.25) is 0 Å². The predicted octanol–water partition coefficient (Wildman–Crippen LogP) is 2.33. The van der Waals surface area contributed by atoms with E-state index in [1.165, 1.54) is 37.3 Å². The number of nitrogens with zero attached hydrogens (tertiary/aromatic N) is 1. The molecule has 1 rings (SSSR count). The number of rotatable bonds is 4. The van der Waals surface area contributed by atoms with Crippen molar-refractivity contribution in [3.8, 4) is 12.3 Å². The van der Waals surface area contributed by atoms with Crippen molar-refractivity contribution in [2.75, 3.05) is 0 Å². The summed E-state index contributed by atoms with van der Waals surface area (Å²) in [5, 5.41) is 10.5. The molecule has 0 radical (unpaired) electrons. The molecule has 0 spiro atoms. The zero-order valence-corrected chi connectivity index (χ0v) is 9.75. The number of ether oxygens (including phenoxy) is 1. The molecule has 92 valence electrons. The molecule has 0 aliphatic carbocycles. The lowest BCUT2D eigenvalue weighted by Crippen LogP contribution is -2.27. The van der Waals surface area contributed by atoms with Crippen molar-refractivity contribution in [1.29, 1.82) is 0 Å². The summed E-state index contributed by atoms with van der Waals surface area (Å²) in [4.78, 5) is 21.6. The fourth-order valence-electron chi connectivity index (χ4n) is 1.10. The van der Waals surface area contributed by atoms with Crippen LogP contribution in [0, 0.1) is 22.5 Å². The standard InChI is InChI=1S/C13H11NO4/c1-4-13(3,5-2)18-12(15)10-6-8-11(9-7-10)14(16)17/h1,5-9H,2H2,3H3. The molecule has 1 atom stereocenters. The number of nitro benzene ring substituents is 1. The zero-order valence-electron chi connectivity index (χ0n) is 9.75. The molecule has 0 N–H and O–H groups in total. The predicted molar refractivity (Wildman–Crippen MR) is 65.9 cm³/mol. The van der Waals surface area contributed by atoms with Crippen molar-refractivity contribution in [2.45, 2.75) is 12.5 Å². The molecule has 0 aromatic heterocycles. The van der Waals surface area contributed by atoms with Crippen molar-refractivity contribution in [2.24, 2.45) is 0 Å². The van der Waals surface area contributed by atoms with Gasteiger partial charge in [-0.2, -0.15) is 0 Å². The minimum absolute atomic E-state index is 0.102. The van der Waals surface area contributed by atoms with E-state index in [4.69, 9.17) is 11.2 Å². The fraction of sp³-hybridized carbons (Fsp3) is 0.154. The molecule has 1 aromatic rings. The minimum Gasteiger partial charge on any atom is -0.439 e. The van der Waals surface area contributed by atoms with Crippen molar-refractivity contribution in [3.63, 3.8) is 0 Å². The molecule has 0 fully saturated rings. The summed E-state index contributed by atoms with van der Waals surface area (Å²) in [6, 6.07) is 5.05. The highest BCUT2D eigenvalue weighted by atomic mass is 16.6. The first kappa shape index (κ1) is 13.5. The average Bonchev–Trinajstić information content (AvgIpc) is 2.38. The third-order valence-electron chi connectivity index (χ3n) is 2.29. The van der Waals surface area contributed by atoms with Gasteiger partial charge in [-0.25, -0.2) is 4.79 Å². The summed E-state index contributed by atoms with van der Waals surface area (Å²) in [6.07, 6.45) is 6.55. The molecule has 0 saturated heterocycles. The summed E-state index contributed by atoms with van der Waals surface area (Å²) in [5.74, 6) is 1.63. The van der Waals surface area contributed by atoms with E-state index in [9.17, 15) is 14.9 Å². The molecule has 18 heavy (non-hydrogen) atoms. The topological polar surface area (TPSA) is 69.4 Å². The van der Waals surface area contributed by atoms with Crippen molar-refractivity contribution in [1.82, 2.24) is 0 Å². The Balaban J connectivity index is 2.89. The quantitative estimate of drug-likeness (QED) is 0.268. The summed E-state index contributed by atoms with van der Waals surface area (Å²) >= 11 is 0. The highest BCUT2D eigenvalue weighted by Gasteiger charge is 2.23. The van der Waals surface area contributed by atoms with Crippen LogP contribution in [-0.2, 0) is 4.74 Å². The monoisotopic (exact) mass is 245 g/mol. The number of carbonyl (C=O) groups is 1. The molecular weight excluding hydrogens is 234 g/mol. The van der Waals surface area contributed by atoms with Gasteiger partial charge in [-0.15, -0.1) is 6.42 Å². The van der Waals surface area contributed by atoms with E-state index in [-0.39, 0.29) is 11.3 Å². The van der Waals surface area contributed by atoms with E-state index < -0.39 is 16.5 Å². The second kappa shape index (κ2) is 5.15. The van der Waals surface area contributed by atoms with Crippen molar-refractivity contribution < 1.29 is 14.5 Å². The number of benzene rings is 1. The molecule has 0 saturated carbocycles. The molecule has 0 aliphatic rings. The molecule has 0 heterocycles. The third kappa shape index (κ3) is 2.95. The highest BCUT2D eigenvalue weighted by molar-refractivity contribution is 5.90. The van der Waals surface area contributed by atoms with E-state index >= 15 is 0 Å². The van der Waals surface area contributed by atoms with E-state index in [0.29, 0.717) is 0 Å². The summed E-state index contributed by atoms with van der Waals surface area (Å²) in [5.41, 5.74) is -1.11. The summed E-state index contributed by atoms with van der Waals surface area (Å²) in [7, 11) is 0. The number of terminal acetylenes is 1. The Morgan fingerprint density at radius 3 is 2.50 bits per heavy atom. The first-order valence-electron chi connectivity index (χ1n) is 5.01. The minimum atomic E-state index is -1.20. The van der Waals surface area contributed by atoms with E-state index in [0.717, 1.165) is 0 Å². The molecular formula is C13H11NO4. The van der Waals surface area contributed by atoms with Crippen LogP contribution in [0.4, 0.5) is 5.69 Å². The van der Waals surface area contributed by atoms with Crippen LogP contribution < -0.4 is 0 Å². The Hall–Kier alpha value is -2.61. The Kier molecular flexibility index (Phi) is 3.85. The molecule has 0 amide bonds. The molecule has 1 aromatic carbocycles. The van der Waals surface area contributed by atoms with Gasteiger partial charge in [0.05, 0.1) is 10.5 Å². The lowest BCUT2D eigenvalue weighted by atomic mass is 10.1. The van der Waals surface area contributed by atoms with Gasteiger partial charge in [-0.3, -0.25) is 10.1 Å². The third-order valence-corrected chi connectivity index (χ3v) is 2.29. The largest absolute Gasteiger partial charge is 0.439 e. The Labute approximate surface area is 104 Å². The Bertz CT molecular complexity index is 527. The number of carbonyl (C=O) groups excluding carboxylic acids is 1. The first-order valence-corrected chi connectivity index (χ1v) is 5.01. The van der Waals surface area contributed by atoms with Crippen LogP contribution in [-0.4, -0.2) is 16.5 Å². The van der Waals surface area contributed by atoms with Gasteiger partial charge in [0.25, 0.3) is 5.69 Å². The highest BCUT2D eigenvalue weighted by Crippen LogP contribution is 2.16. The maximum absolute atomic E-state index is 11.7. The lowest BCUT2D eigenvalue weighted by Gasteiger charge is -2.19. The van der Waals surface area contributed by atoms with Gasteiger partial charge in [0.1, 0.15) is 0 Å². The molecule has 1 unspecified atom stereocenters. The van der Waals surface area contributed by atoms with Crippen LogP contribution in [0.1, 0.15) is 17.3 Å². The second-order valence-corrected chi connectivity index (χ2v) is 3.65. The number of hydrogen-bond donors (Lipinski definition) is 0. The maximum Gasteiger partial charge on any atom is 0.339 e. The molecule has 5 nitrogen and oxygen atoms in total. The van der Waals surface area contributed by atoms with Crippen LogP contribution in [0.15, 0.2) is 36.9 Å². The van der Waals surface area contributed by atoms with E-state index in [2.05, 4.69) is 12.5 Å². The van der Waals surface area contributed by atoms with Crippen LogP contribution in [0.5, 0.6) is 0 Å². The van der Waals surface area contributed by atoms with Crippen LogP contribution in [0.2, 0.25) is 0 Å². The lowest BCUT2D eigenvalue weighted by molar-refractivity contribution is -0.384. The first-order chi connectivity index (χ1) is 8.41. The average molecular weight is 245 g/mol. The van der Waals surface area contributed by atoms with Crippen LogP contribution in [0.25, 0.3) is 0 Å². The van der Waals surface area contributed by atoms with Gasteiger partial charge in [-0.1, -0.05) is 12.5 Å². The van der Waals surface area contributed by atoms with Gasteiger partial charge < -0.3 is 4.74 Å². The molecule has 5 heteroatoms. The van der Waals surface area contributed by atoms with Gasteiger partial charge >= 0.3 is 5.97 Å². The van der Waals surface area contributed by atoms with E-state index in [1.807, 2.05) is 0 Å². The fourth-order valence-corrected chi connectivity index (χ4v) is 1.10. The van der Waals surface area contributed by atoms with Crippen molar-refractivity contribution in [3.05, 3.63) is 52.6 Å². The maximum atomic E-state index is 11.7. The summed E-state index contributed by atoms with van der Waals surface area (Å²) in [6.45, 7) is 5.00. The SMILES string of the molecule is C#CC(C)(C=C)OC(=O)c1ccc([N+](=O)[O-])cc1. The van der Waals surface area contributed by atoms with Crippen LogP contribution >= 0.6 is 0 Å². The number of nitro groups is 1. The number of non-ortho nitro benzene ring substituents is 1. The van der Waals surface area contributed by atoms with Gasteiger partial charge in [0.15, 0.2) is 5.60 Å². The smallest absolute Gasteiger partial charge is 0.339 e. The second-order valence-electron chi connectivity index (χ2n) is 3.65. The number of esters is 1. The van der Waals surface area contributed by atoms with E-state index in [1.54, 1.807) is 0 Å². The normalized spacial score (nSPS) is 12.9. The van der Waals surface area contributed by atoms with Crippen LogP contribution in [0.3, 0.4) is 0 Å². The number of hydrogen-bond acceptors (Lipinski definition) is 4. The Morgan fingerprint density at radius 1 is 1.56 bits per heavy atom. The summed E-state index contributed by atoms with van der Waals surface area (Å²) < 4.78 is 5.06. The van der Waals surface area contributed by atoms with Crippen molar-refractivity contribution >= 4 is 11.7 Å². The Morgan fingerprint density at radius 2 is 2.11 bits per heavy atom. The molecule has 0 aliphatic heterocycles.